The van der Waals surface area contributed by atoms with Gasteiger partial charge in [0.2, 0.25) is 10.0 Å². The topological polar surface area (TPSA) is 59.1 Å². The molecule has 1 unspecified atom stereocenters. The summed E-state index contributed by atoms with van der Waals surface area (Å²) in [6, 6.07) is 9.48. The number of nitrogens with one attached hydrogen (secondary N) is 1. The minimum atomic E-state index is -3.76. The molecular weight excluding hydrogens is 319 g/mol. The Hall–Kier alpha value is -1.14. The zero-order valence-corrected chi connectivity index (χ0v) is 12.9. The van der Waals surface area contributed by atoms with Crippen LogP contribution in [0.4, 0.5) is 0 Å². The van der Waals surface area contributed by atoms with E-state index in [0.717, 1.165) is 0 Å². The van der Waals surface area contributed by atoms with Crippen molar-refractivity contribution < 1.29 is 8.42 Å². The van der Waals surface area contributed by atoms with E-state index in [4.69, 9.17) is 23.2 Å². The maximum Gasteiger partial charge on any atom is 0.244 e. The fourth-order valence-electron chi connectivity index (χ4n) is 1.76. The molecule has 0 radical (unpaired) electrons. The van der Waals surface area contributed by atoms with E-state index in [0.29, 0.717) is 10.6 Å². The minimum Gasteiger partial charge on any atom is -0.243 e. The van der Waals surface area contributed by atoms with Gasteiger partial charge in [-0.1, -0.05) is 41.4 Å². The number of benzene rings is 1. The van der Waals surface area contributed by atoms with Crippen LogP contribution in [0.2, 0.25) is 10.2 Å². The Morgan fingerprint density at radius 1 is 1.15 bits per heavy atom. The molecule has 2 rings (SSSR count). The SMILES string of the molecule is CC(NS(=O)(=O)c1cccnc1Cl)c1ccccc1Cl. The molecule has 1 aromatic carbocycles. The molecule has 1 aromatic heterocycles. The van der Waals surface area contributed by atoms with E-state index in [1.807, 2.05) is 0 Å². The number of hydrogen-bond acceptors (Lipinski definition) is 3. The average Bonchev–Trinajstić information content (AvgIpc) is 2.38. The molecule has 106 valence electrons. The Morgan fingerprint density at radius 2 is 1.85 bits per heavy atom. The Balaban J connectivity index is 2.30. The third-order valence-electron chi connectivity index (χ3n) is 2.72. The molecule has 2 aromatic rings. The van der Waals surface area contributed by atoms with Gasteiger partial charge in [-0.05, 0) is 30.7 Å². The lowest BCUT2D eigenvalue weighted by molar-refractivity contribution is 0.566. The van der Waals surface area contributed by atoms with Gasteiger partial charge >= 0.3 is 0 Å². The Bertz CT molecular complexity index is 720. The van der Waals surface area contributed by atoms with Crippen molar-refractivity contribution in [1.82, 2.24) is 9.71 Å². The quantitative estimate of drug-likeness (QED) is 0.873. The third kappa shape index (κ3) is 3.30. The van der Waals surface area contributed by atoms with Crippen molar-refractivity contribution in [2.24, 2.45) is 0 Å². The molecule has 4 nitrogen and oxygen atoms in total. The number of nitrogens with zero attached hydrogens (tertiary/aromatic N) is 1. The van der Waals surface area contributed by atoms with E-state index in [1.54, 1.807) is 31.2 Å². The number of pyridine rings is 1. The second-order valence-corrected chi connectivity index (χ2v) is 6.60. The number of sulfonamides is 1. The first kappa shape index (κ1) is 15.3. The molecule has 1 heterocycles. The molecular formula is C13H12Cl2N2O2S. The predicted molar refractivity (Wildman–Crippen MR) is 79.4 cm³/mol. The van der Waals surface area contributed by atoms with Gasteiger partial charge in [0.05, 0.1) is 0 Å². The van der Waals surface area contributed by atoms with Crippen LogP contribution < -0.4 is 4.72 Å². The Morgan fingerprint density at radius 3 is 2.50 bits per heavy atom. The highest BCUT2D eigenvalue weighted by Crippen LogP contribution is 2.25. The minimum absolute atomic E-state index is 0.0550. The molecule has 0 spiro atoms. The number of halogens is 2. The number of rotatable bonds is 4. The first-order chi connectivity index (χ1) is 9.42. The first-order valence-electron chi connectivity index (χ1n) is 5.79. The molecule has 1 atom stereocenters. The zero-order valence-electron chi connectivity index (χ0n) is 10.5. The molecule has 0 aliphatic heterocycles. The third-order valence-corrected chi connectivity index (χ3v) is 5.05. The van der Waals surface area contributed by atoms with E-state index in [9.17, 15) is 8.42 Å². The zero-order chi connectivity index (χ0) is 14.8. The van der Waals surface area contributed by atoms with Crippen LogP contribution in [-0.4, -0.2) is 13.4 Å². The smallest absolute Gasteiger partial charge is 0.243 e. The maximum absolute atomic E-state index is 12.3. The number of aromatic nitrogens is 1. The van der Waals surface area contributed by atoms with Crippen molar-refractivity contribution >= 4 is 33.2 Å². The first-order valence-corrected chi connectivity index (χ1v) is 8.03. The van der Waals surface area contributed by atoms with E-state index in [-0.39, 0.29) is 10.0 Å². The monoisotopic (exact) mass is 330 g/mol. The summed E-state index contributed by atoms with van der Waals surface area (Å²) < 4.78 is 27.1. The Kier molecular flexibility index (Phi) is 4.65. The summed E-state index contributed by atoms with van der Waals surface area (Å²) in [5.41, 5.74) is 0.692. The van der Waals surface area contributed by atoms with E-state index >= 15 is 0 Å². The molecule has 0 fully saturated rings. The maximum atomic E-state index is 12.3. The summed E-state index contributed by atoms with van der Waals surface area (Å²) in [6.07, 6.45) is 1.43. The van der Waals surface area contributed by atoms with Crippen LogP contribution in [0.3, 0.4) is 0 Å². The molecule has 0 saturated carbocycles. The van der Waals surface area contributed by atoms with Crippen molar-refractivity contribution in [3.63, 3.8) is 0 Å². The van der Waals surface area contributed by atoms with Crippen LogP contribution in [0.15, 0.2) is 47.5 Å². The van der Waals surface area contributed by atoms with Crippen LogP contribution in [-0.2, 0) is 10.0 Å². The summed E-state index contributed by atoms with van der Waals surface area (Å²) in [4.78, 5) is 3.71. The van der Waals surface area contributed by atoms with Crippen molar-refractivity contribution in [2.45, 2.75) is 17.9 Å². The Labute approximate surface area is 127 Å². The van der Waals surface area contributed by atoms with Crippen molar-refractivity contribution in [2.75, 3.05) is 0 Å². The van der Waals surface area contributed by atoms with Gasteiger partial charge in [0, 0.05) is 17.3 Å². The van der Waals surface area contributed by atoms with Crippen LogP contribution in [0.25, 0.3) is 0 Å². The highest BCUT2D eigenvalue weighted by atomic mass is 35.5. The largest absolute Gasteiger partial charge is 0.244 e. The van der Waals surface area contributed by atoms with Gasteiger partial charge in [0.25, 0.3) is 0 Å². The van der Waals surface area contributed by atoms with Gasteiger partial charge < -0.3 is 0 Å². The van der Waals surface area contributed by atoms with Gasteiger partial charge in [-0.15, -0.1) is 0 Å². The summed E-state index contributed by atoms with van der Waals surface area (Å²) in [7, 11) is -3.76. The van der Waals surface area contributed by atoms with Crippen LogP contribution in [0, 0.1) is 0 Å². The van der Waals surface area contributed by atoms with Crippen LogP contribution in [0.1, 0.15) is 18.5 Å². The molecule has 1 N–H and O–H groups in total. The van der Waals surface area contributed by atoms with Gasteiger partial charge in [-0.2, -0.15) is 0 Å². The molecule has 0 aliphatic rings. The summed E-state index contributed by atoms with van der Waals surface area (Å²) in [6.45, 7) is 1.71. The highest BCUT2D eigenvalue weighted by Gasteiger charge is 2.22. The fourth-order valence-corrected chi connectivity index (χ4v) is 3.73. The molecule has 0 aliphatic carbocycles. The van der Waals surface area contributed by atoms with Crippen molar-refractivity contribution in [3.05, 3.63) is 58.3 Å². The summed E-state index contributed by atoms with van der Waals surface area (Å²) in [5, 5.41) is 0.436. The lowest BCUT2D eigenvalue weighted by Crippen LogP contribution is -2.27. The van der Waals surface area contributed by atoms with E-state index < -0.39 is 16.1 Å². The van der Waals surface area contributed by atoms with Crippen molar-refractivity contribution in [3.8, 4) is 0 Å². The second kappa shape index (κ2) is 6.10. The normalized spacial score (nSPS) is 13.2. The molecule has 0 saturated heterocycles. The fraction of sp³-hybridized carbons (Fsp3) is 0.154. The van der Waals surface area contributed by atoms with Gasteiger partial charge in [-0.3, -0.25) is 0 Å². The van der Waals surface area contributed by atoms with Crippen LogP contribution >= 0.6 is 23.2 Å². The molecule has 20 heavy (non-hydrogen) atoms. The van der Waals surface area contributed by atoms with E-state index in [1.165, 1.54) is 18.3 Å². The summed E-state index contributed by atoms with van der Waals surface area (Å²) >= 11 is 11.9. The number of hydrogen-bond donors (Lipinski definition) is 1. The lowest BCUT2D eigenvalue weighted by atomic mass is 10.1. The van der Waals surface area contributed by atoms with Gasteiger partial charge in [0.1, 0.15) is 10.0 Å². The highest BCUT2D eigenvalue weighted by molar-refractivity contribution is 7.89. The summed E-state index contributed by atoms with van der Waals surface area (Å²) in [5.74, 6) is 0. The second-order valence-electron chi connectivity index (χ2n) is 4.16. The van der Waals surface area contributed by atoms with Gasteiger partial charge in [0.15, 0.2) is 0 Å². The van der Waals surface area contributed by atoms with Crippen LogP contribution in [0.5, 0.6) is 0 Å². The lowest BCUT2D eigenvalue weighted by Gasteiger charge is -2.16. The molecule has 0 amide bonds. The molecule has 7 heteroatoms. The predicted octanol–water partition coefficient (Wildman–Crippen LogP) is 3.43. The molecule has 0 bridgehead atoms. The van der Waals surface area contributed by atoms with E-state index in [2.05, 4.69) is 9.71 Å². The van der Waals surface area contributed by atoms with Gasteiger partial charge in [-0.25, -0.2) is 18.1 Å². The standard InChI is InChI=1S/C13H12Cl2N2O2S/c1-9(10-5-2-3-6-11(10)14)17-20(18,19)12-7-4-8-16-13(12)15/h2-9,17H,1H3. The van der Waals surface area contributed by atoms with Crippen molar-refractivity contribution in [1.29, 1.82) is 0 Å². The average molecular weight is 331 g/mol.